The van der Waals surface area contributed by atoms with Crippen LogP contribution in [-0.4, -0.2) is 37.2 Å². The smallest absolute Gasteiger partial charge is 0.117 e. The number of rotatable bonds is 7. The summed E-state index contributed by atoms with van der Waals surface area (Å²) in [6, 6.07) is 4.89. The normalized spacial score (nSPS) is 17.9. The first-order valence-corrected chi connectivity index (χ1v) is 5.82. The van der Waals surface area contributed by atoms with Crippen molar-refractivity contribution in [2.75, 3.05) is 20.3 Å². The molecule has 1 fully saturated rings. The third kappa shape index (κ3) is 2.84. The lowest BCUT2D eigenvalue weighted by molar-refractivity contribution is 0.0790. The Kier molecular flexibility index (Phi) is 3.98. The number of nitrogens with zero attached hydrogens (tertiary/aromatic N) is 1. The molecule has 0 bridgehead atoms. The Hall–Kier alpha value is -0.840. The summed E-state index contributed by atoms with van der Waals surface area (Å²) in [6.45, 7) is 2.15. The second kappa shape index (κ2) is 5.48. The molecular weight excluding hydrogens is 204 g/mol. The van der Waals surface area contributed by atoms with Gasteiger partial charge in [0, 0.05) is 25.7 Å². The van der Waals surface area contributed by atoms with Gasteiger partial charge in [0.1, 0.15) is 5.76 Å². The zero-order valence-electron chi connectivity index (χ0n) is 9.76. The molecule has 2 N–H and O–H groups in total. The van der Waals surface area contributed by atoms with Crippen LogP contribution < -0.4 is 5.73 Å². The van der Waals surface area contributed by atoms with Crippen molar-refractivity contribution in [1.29, 1.82) is 0 Å². The fourth-order valence-electron chi connectivity index (χ4n) is 2.04. The summed E-state index contributed by atoms with van der Waals surface area (Å²) in [5.74, 6) is 1.00. The molecule has 2 rings (SSSR count). The molecule has 4 heteroatoms. The highest BCUT2D eigenvalue weighted by atomic mass is 16.5. The Balaban J connectivity index is 1.98. The summed E-state index contributed by atoms with van der Waals surface area (Å²) < 4.78 is 10.6. The molecule has 0 radical (unpaired) electrons. The highest BCUT2D eigenvalue weighted by Crippen LogP contribution is 2.30. The topological polar surface area (TPSA) is 51.6 Å². The number of furan rings is 1. The molecule has 1 saturated carbocycles. The predicted molar refractivity (Wildman–Crippen MR) is 62.0 cm³/mol. The van der Waals surface area contributed by atoms with Gasteiger partial charge in [-0.2, -0.15) is 0 Å². The fraction of sp³-hybridized carbons (Fsp3) is 0.667. The van der Waals surface area contributed by atoms with Crippen LogP contribution in [0.4, 0.5) is 0 Å². The summed E-state index contributed by atoms with van der Waals surface area (Å²) in [7, 11) is 1.72. The van der Waals surface area contributed by atoms with Crippen LogP contribution >= 0.6 is 0 Å². The maximum Gasteiger partial charge on any atom is 0.117 e. The second-order valence-electron chi connectivity index (χ2n) is 4.33. The van der Waals surface area contributed by atoms with Gasteiger partial charge >= 0.3 is 0 Å². The molecule has 1 aliphatic rings. The minimum atomic E-state index is 0.294. The molecule has 16 heavy (non-hydrogen) atoms. The number of hydrogen-bond donors (Lipinski definition) is 1. The van der Waals surface area contributed by atoms with Crippen molar-refractivity contribution in [3.63, 3.8) is 0 Å². The summed E-state index contributed by atoms with van der Waals surface area (Å²) in [4.78, 5) is 2.41. The Morgan fingerprint density at radius 3 is 2.94 bits per heavy atom. The van der Waals surface area contributed by atoms with Gasteiger partial charge in [-0.05, 0) is 25.0 Å². The molecule has 1 aliphatic carbocycles. The second-order valence-corrected chi connectivity index (χ2v) is 4.33. The molecule has 0 aliphatic heterocycles. The van der Waals surface area contributed by atoms with Crippen molar-refractivity contribution >= 4 is 0 Å². The van der Waals surface area contributed by atoms with E-state index in [4.69, 9.17) is 14.9 Å². The van der Waals surface area contributed by atoms with Crippen LogP contribution in [0, 0.1) is 0 Å². The Morgan fingerprint density at radius 1 is 1.62 bits per heavy atom. The lowest BCUT2D eigenvalue weighted by atomic mass is 10.2. The fourth-order valence-corrected chi connectivity index (χ4v) is 2.04. The Bertz CT molecular complexity index is 296. The molecule has 1 heterocycles. The van der Waals surface area contributed by atoms with Crippen LogP contribution in [0.3, 0.4) is 0 Å². The van der Waals surface area contributed by atoms with Gasteiger partial charge in [-0.3, -0.25) is 4.90 Å². The van der Waals surface area contributed by atoms with Crippen LogP contribution in [0.25, 0.3) is 0 Å². The van der Waals surface area contributed by atoms with Crippen LogP contribution in [0.1, 0.15) is 18.6 Å². The summed E-state index contributed by atoms with van der Waals surface area (Å²) in [6.07, 6.45) is 4.25. The molecule has 1 aromatic heterocycles. The molecule has 0 aromatic carbocycles. The third-order valence-corrected chi connectivity index (χ3v) is 3.03. The van der Waals surface area contributed by atoms with E-state index in [0.29, 0.717) is 25.2 Å². The molecule has 4 nitrogen and oxygen atoms in total. The molecule has 1 aromatic rings. The molecular formula is C12H20N2O2. The first-order chi connectivity index (χ1) is 7.85. The number of ether oxygens (including phenoxy) is 1. The monoisotopic (exact) mass is 224 g/mol. The summed E-state index contributed by atoms with van der Waals surface area (Å²) in [5, 5.41) is 0. The van der Waals surface area contributed by atoms with Crippen LogP contribution in [0.2, 0.25) is 0 Å². The molecule has 0 saturated heterocycles. The van der Waals surface area contributed by atoms with E-state index >= 15 is 0 Å². The van der Waals surface area contributed by atoms with Gasteiger partial charge in [0.25, 0.3) is 0 Å². The predicted octanol–water partition coefficient (Wildman–Crippen LogP) is 1.22. The quantitative estimate of drug-likeness (QED) is 0.756. The van der Waals surface area contributed by atoms with Gasteiger partial charge in [-0.25, -0.2) is 0 Å². The van der Waals surface area contributed by atoms with E-state index < -0.39 is 0 Å². The molecule has 1 unspecified atom stereocenters. The van der Waals surface area contributed by atoms with Gasteiger partial charge in [-0.15, -0.1) is 0 Å². The van der Waals surface area contributed by atoms with Crippen molar-refractivity contribution in [1.82, 2.24) is 4.90 Å². The highest BCUT2D eigenvalue weighted by Gasteiger charge is 2.33. The average Bonchev–Trinajstić information content (AvgIpc) is 3.01. The Morgan fingerprint density at radius 2 is 2.44 bits per heavy atom. The van der Waals surface area contributed by atoms with Gasteiger partial charge in [0.15, 0.2) is 0 Å². The van der Waals surface area contributed by atoms with Crippen LogP contribution in [0.15, 0.2) is 22.8 Å². The van der Waals surface area contributed by atoms with Gasteiger partial charge in [0.2, 0.25) is 0 Å². The van der Waals surface area contributed by atoms with Crippen molar-refractivity contribution in [3.8, 4) is 0 Å². The maximum atomic E-state index is 5.80. The SMILES string of the molecule is COCC(CN)N(Cc1ccco1)C1CC1. The van der Waals surface area contributed by atoms with E-state index in [0.717, 1.165) is 12.3 Å². The van der Waals surface area contributed by atoms with Crippen molar-refractivity contribution in [2.24, 2.45) is 5.73 Å². The molecule has 0 spiro atoms. The first kappa shape index (κ1) is 11.6. The van der Waals surface area contributed by atoms with Gasteiger partial charge in [-0.1, -0.05) is 0 Å². The average molecular weight is 224 g/mol. The summed E-state index contributed by atoms with van der Waals surface area (Å²) in [5.41, 5.74) is 5.80. The van der Waals surface area contributed by atoms with Crippen molar-refractivity contribution < 1.29 is 9.15 Å². The number of hydrogen-bond acceptors (Lipinski definition) is 4. The van der Waals surface area contributed by atoms with E-state index in [1.165, 1.54) is 12.8 Å². The number of nitrogens with two attached hydrogens (primary N) is 1. The molecule has 1 atom stereocenters. The van der Waals surface area contributed by atoms with E-state index in [2.05, 4.69) is 4.90 Å². The van der Waals surface area contributed by atoms with E-state index in [9.17, 15) is 0 Å². The third-order valence-electron chi connectivity index (χ3n) is 3.03. The minimum Gasteiger partial charge on any atom is -0.468 e. The van der Waals surface area contributed by atoms with E-state index in [1.54, 1.807) is 13.4 Å². The zero-order valence-corrected chi connectivity index (χ0v) is 9.76. The van der Waals surface area contributed by atoms with Crippen molar-refractivity contribution in [2.45, 2.75) is 31.5 Å². The van der Waals surface area contributed by atoms with E-state index in [-0.39, 0.29) is 0 Å². The lowest BCUT2D eigenvalue weighted by Gasteiger charge is -2.29. The van der Waals surface area contributed by atoms with Crippen LogP contribution in [0.5, 0.6) is 0 Å². The zero-order chi connectivity index (χ0) is 11.4. The van der Waals surface area contributed by atoms with Gasteiger partial charge < -0.3 is 14.9 Å². The lowest BCUT2D eigenvalue weighted by Crippen LogP contribution is -2.44. The van der Waals surface area contributed by atoms with E-state index in [1.807, 2.05) is 12.1 Å². The van der Waals surface area contributed by atoms with Crippen molar-refractivity contribution in [3.05, 3.63) is 24.2 Å². The molecule has 0 amide bonds. The first-order valence-electron chi connectivity index (χ1n) is 5.82. The summed E-state index contributed by atoms with van der Waals surface area (Å²) >= 11 is 0. The molecule has 90 valence electrons. The minimum absolute atomic E-state index is 0.294. The largest absolute Gasteiger partial charge is 0.468 e. The standard InChI is InChI=1S/C12H20N2O2/c1-15-9-11(7-13)14(10-4-5-10)8-12-3-2-6-16-12/h2-3,6,10-11H,4-5,7-9,13H2,1H3. The van der Waals surface area contributed by atoms with Gasteiger partial charge in [0.05, 0.1) is 19.4 Å². The number of methoxy groups -OCH3 is 1. The highest BCUT2D eigenvalue weighted by molar-refractivity contribution is 5.01. The van der Waals surface area contributed by atoms with Crippen LogP contribution in [-0.2, 0) is 11.3 Å². The Labute approximate surface area is 96.4 Å². The maximum absolute atomic E-state index is 5.80.